The molecule has 2 N–H and O–H groups in total. The number of carbonyl (C=O) groups is 1. The molecule has 0 radical (unpaired) electrons. The van der Waals surface area contributed by atoms with Crippen LogP contribution >= 0.6 is 0 Å². The topological polar surface area (TPSA) is 75.2 Å². The minimum atomic E-state index is -0.219. The second-order valence-electron chi connectivity index (χ2n) is 7.09. The van der Waals surface area contributed by atoms with Gasteiger partial charge < -0.3 is 14.8 Å². The molecule has 0 aromatic heterocycles. The van der Waals surface area contributed by atoms with Crippen molar-refractivity contribution in [2.45, 2.75) is 13.8 Å². The van der Waals surface area contributed by atoms with Crippen LogP contribution in [0.25, 0.3) is 0 Å². The zero-order valence-corrected chi connectivity index (χ0v) is 17.7. The SMILES string of the molecule is CCOc1ccc(C(=O)NC(=NCCN2CCOCC2)Nc2cccc(C)c2)cc1. The summed E-state index contributed by atoms with van der Waals surface area (Å²) in [7, 11) is 0. The first-order valence-electron chi connectivity index (χ1n) is 10.4. The summed E-state index contributed by atoms with van der Waals surface area (Å²) in [6, 6.07) is 15.0. The first-order chi connectivity index (χ1) is 14.6. The molecule has 0 saturated carbocycles. The third-order valence-corrected chi connectivity index (χ3v) is 4.73. The minimum absolute atomic E-state index is 0.219. The standard InChI is InChI=1S/C23H30N4O3/c1-3-30-21-9-7-19(8-10-21)22(28)26-23(25-20-6-4-5-18(2)17-20)24-11-12-27-13-15-29-16-14-27/h4-10,17H,3,11-16H2,1-2H3,(H2,24,25,26,28). The predicted molar refractivity (Wildman–Crippen MR) is 119 cm³/mol. The van der Waals surface area contributed by atoms with Crippen molar-refractivity contribution >= 4 is 17.6 Å². The maximum atomic E-state index is 12.7. The molecule has 1 aliphatic heterocycles. The van der Waals surface area contributed by atoms with Crippen molar-refractivity contribution in [1.82, 2.24) is 10.2 Å². The van der Waals surface area contributed by atoms with Crippen LogP contribution in [0, 0.1) is 6.92 Å². The van der Waals surface area contributed by atoms with Crippen LogP contribution in [0.4, 0.5) is 5.69 Å². The van der Waals surface area contributed by atoms with E-state index in [4.69, 9.17) is 9.47 Å². The maximum Gasteiger partial charge on any atom is 0.257 e. The van der Waals surface area contributed by atoms with E-state index in [0.717, 1.165) is 49.8 Å². The molecule has 1 amide bonds. The summed E-state index contributed by atoms with van der Waals surface area (Å²) in [6.07, 6.45) is 0. The van der Waals surface area contributed by atoms with Gasteiger partial charge in [-0.2, -0.15) is 0 Å². The molecular weight excluding hydrogens is 380 g/mol. The molecule has 1 aliphatic rings. The average molecular weight is 411 g/mol. The van der Waals surface area contributed by atoms with E-state index in [9.17, 15) is 4.79 Å². The molecule has 0 bridgehead atoms. The summed E-state index contributed by atoms with van der Waals surface area (Å²) in [4.78, 5) is 19.7. The Labute approximate surface area is 178 Å². The number of benzene rings is 2. The van der Waals surface area contributed by atoms with Crippen LogP contribution in [0.15, 0.2) is 53.5 Å². The van der Waals surface area contributed by atoms with Crippen molar-refractivity contribution in [3.05, 3.63) is 59.7 Å². The molecule has 30 heavy (non-hydrogen) atoms. The number of carbonyl (C=O) groups excluding carboxylic acids is 1. The second kappa shape index (κ2) is 11.3. The molecule has 1 saturated heterocycles. The lowest BCUT2D eigenvalue weighted by Gasteiger charge is -2.25. The number of nitrogens with one attached hydrogen (secondary N) is 2. The quantitative estimate of drug-likeness (QED) is 0.542. The van der Waals surface area contributed by atoms with E-state index in [1.807, 2.05) is 38.1 Å². The summed E-state index contributed by atoms with van der Waals surface area (Å²) in [6.45, 7) is 9.28. The fourth-order valence-electron chi connectivity index (χ4n) is 3.15. The number of morpholine rings is 1. The Hall–Kier alpha value is -2.90. The van der Waals surface area contributed by atoms with E-state index in [1.54, 1.807) is 24.3 Å². The van der Waals surface area contributed by atoms with Crippen molar-refractivity contribution < 1.29 is 14.3 Å². The summed E-state index contributed by atoms with van der Waals surface area (Å²) in [5.74, 6) is 0.961. The number of nitrogens with zero attached hydrogens (tertiary/aromatic N) is 2. The van der Waals surface area contributed by atoms with Gasteiger partial charge in [0.25, 0.3) is 5.91 Å². The normalized spacial score (nSPS) is 14.9. The fourth-order valence-corrected chi connectivity index (χ4v) is 3.15. The third-order valence-electron chi connectivity index (χ3n) is 4.73. The molecule has 0 unspecified atom stereocenters. The Morgan fingerprint density at radius 2 is 1.93 bits per heavy atom. The van der Waals surface area contributed by atoms with Crippen LogP contribution in [0.3, 0.4) is 0 Å². The largest absolute Gasteiger partial charge is 0.494 e. The summed E-state index contributed by atoms with van der Waals surface area (Å²) in [5.41, 5.74) is 2.56. The van der Waals surface area contributed by atoms with Crippen molar-refractivity contribution in [1.29, 1.82) is 0 Å². The van der Waals surface area contributed by atoms with Crippen molar-refractivity contribution in [2.24, 2.45) is 4.99 Å². The average Bonchev–Trinajstić information content (AvgIpc) is 2.75. The molecule has 2 aromatic rings. The van der Waals surface area contributed by atoms with Gasteiger partial charge in [-0.1, -0.05) is 12.1 Å². The lowest BCUT2D eigenvalue weighted by Crippen LogP contribution is -2.39. The van der Waals surface area contributed by atoms with Gasteiger partial charge in [-0.15, -0.1) is 0 Å². The molecule has 3 rings (SSSR count). The number of amides is 1. The van der Waals surface area contributed by atoms with E-state index in [1.165, 1.54) is 0 Å². The zero-order chi connectivity index (χ0) is 21.2. The number of ether oxygens (including phenoxy) is 2. The second-order valence-corrected chi connectivity index (χ2v) is 7.09. The van der Waals surface area contributed by atoms with Crippen molar-refractivity contribution in [3.8, 4) is 5.75 Å². The van der Waals surface area contributed by atoms with Crippen LogP contribution in [-0.4, -0.2) is 62.8 Å². The van der Waals surface area contributed by atoms with Crippen LogP contribution in [0.2, 0.25) is 0 Å². The highest BCUT2D eigenvalue weighted by molar-refractivity contribution is 6.10. The first-order valence-corrected chi connectivity index (χ1v) is 10.4. The fraction of sp³-hybridized carbons (Fsp3) is 0.391. The minimum Gasteiger partial charge on any atom is -0.494 e. The number of hydrogen-bond donors (Lipinski definition) is 2. The number of hydrogen-bond acceptors (Lipinski definition) is 5. The number of aryl methyl sites for hydroxylation is 1. The van der Waals surface area contributed by atoms with Gasteiger partial charge in [0.15, 0.2) is 0 Å². The molecule has 160 valence electrons. The smallest absolute Gasteiger partial charge is 0.257 e. The van der Waals surface area contributed by atoms with Crippen LogP contribution in [0.1, 0.15) is 22.8 Å². The van der Waals surface area contributed by atoms with Crippen molar-refractivity contribution in [3.63, 3.8) is 0 Å². The summed E-state index contributed by atoms with van der Waals surface area (Å²) in [5, 5.41) is 6.15. The lowest BCUT2D eigenvalue weighted by atomic mass is 10.2. The number of rotatable bonds is 7. The highest BCUT2D eigenvalue weighted by Gasteiger charge is 2.12. The molecule has 7 heteroatoms. The Morgan fingerprint density at radius 3 is 2.63 bits per heavy atom. The molecule has 2 aromatic carbocycles. The Balaban J connectivity index is 1.67. The molecule has 1 fully saturated rings. The number of anilines is 1. The first kappa shape index (κ1) is 21.8. The van der Waals surface area contributed by atoms with Gasteiger partial charge in [0.1, 0.15) is 5.75 Å². The molecule has 7 nitrogen and oxygen atoms in total. The van der Waals surface area contributed by atoms with Crippen LogP contribution in [-0.2, 0) is 4.74 Å². The van der Waals surface area contributed by atoms with Gasteiger partial charge in [-0.05, 0) is 55.8 Å². The third kappa shape index (κ3) is 6.86. The lowest BCUT2D eigenvalue weighted by molar-refractivity contribution is 0.0394. The van der Waals surface area contributed by atoms with Crippen LogP contribution in [0.5, 0.6) is 5.75 Å². The van der Waals surface area contributed by atoms with Gasteiger partial charge >= 0.3 is 0 Å². The van der Waals surface area contributed by atoms with E-state index in [0.29, 0.717) is 24.7 Å². The van der Waals surface area contributed by atoms with E-state index < -0.39 is 0 Å². The number of aliphatic imine (C=N–C) groups is 1. The molecule has 0 spiro atoms. The zero-order valence-electron chi connectivity index (χ0n) is 17.7. The maximum absolute atomic E-state index is 12.7. The Morgan fingerprint density at radius 1 is 1.17 bits per heavy atom. The Kier molecular flexibility index (Phi) is 8.23. The Bertz CT molecular complexity index is 846. The monoisotopic (exact) mass is 410 g/mol. The highest BCUT2D eigenvalue weighted by atomic mass is 16.5. The molecule has 1 heterocycles. The summed E-state index contributed by atoms with van der Waals surface area (Å²) >= 11 is 0. The van der Waals surface area contributed by atoms with Gasteiger partial charge in [-0.25, -0.2) is 0 Å². The molecular formula is C23H30N4O3. The molecule has 0 aliphatic carbocycles. The number of guanidine groups is 1. The van der Waals surface area contributed by atoms with Crippen LogP contribution < -0.4 is 15.4 Å². The van der Waals surface area contributed by atoms with Gasteiger partial charge in [0, 0.05) is 30.9 Å². The van der Waals surface area contributed by atoms with E-state index >= 15 is 0 Å². The summed E-state index contributed by atoms with van der Waals surface area (Å²) < 4.78 is 10.8. The van der Waals surface area contributed by atoms with Gasteiger partial charge in [-0.3, -0.25) is 20.0 Å². The van der Waals surface area contributed by atoms with Crippen molar-refractivity contribution in [2.75, 3.05) is 51.3 Å². The van der Waals surface area contributed by atoms with E-state index in [-0.39, 0.29) is 5.91 Å². The predicted octanol–water partition coefficient (Wildman–Crippen LogP) is 2.92. The van der Waals surface area contributed by atoms with Gasteiger partial charge in [0.05, 0.1) is 26.4 Å². The van der Waals surface area contributed by atoms with E-state index in [2.05, 4.69) is 20.5 Å². The molecule has 0 atom stereocenters. The highest BCUT2D eigenvalue weighted by Crippen LogP contribution is 2.13. The van der Waals surface area contributed by atoms with Gasteiger partial charge in [0.2, 0.25) is 5.96 Å².